The lowest BCUT2D eigenvalue weighted by Crippen LogP contribution is -2.56. The molecular formula is C20H34O2. The maximum atomic E-state index is 10.9. The monoisotopic (exact) mass is 306 g/mol. The van der Waals surface area contributed by atoms with E-state index in [1.165, 1.54) is 38.5 Å². The van der Waals surface area contributed by atoms with Gasteiger partial charge >= 0.3 is 0 Å². The molecule has 0 heterocycles. The van der Waals surface area contributed by atoms with Crippen LogP contribution in [0, 0.1) is 34.5 Å². The number of hydrogen-bond acceptors (Lipinski definition) is 2. The van der Waals surface area contributed by atoms with E-state index in [0.717, 1.165) is 42.9 Å². The Balaban J connectivity index is 1.64. The molecule has 0 spiro atoms. The van der Waals surface area contributed by atoms with Gasteiger partial charge in [0.25, 0.3) is 0 Å². The van der Waals surface area contributed by atoms with Gasteiger partial charge in [0.1, 0.15) is 0 Å². The smallest absolute Gasteiger partial charge is 0.0675 e. The Morgan fingerprint density at radius 2 is 1.55 bits per heavy atom. The SMILES string of the molecule is C[C@@]12CC[C@H](O)C[C@H]1CC[C@H]1[C@@H]2CC[C@@]2(C)[C@H]1CC[C@@]2(C)O. The lowest BCUT2D eigenvalue weighted by Gasteiger charge is -2.61. The van der Waals surface area contributed by atoms with Crippen molar-refractivity contribution in [1.82, 2.24) is 0 Å². The van der Waals surface area contributed by atoms with Crippen molar-refractivity contribution in [2.24, 2.45) is 34.5 Å². The number of fused-ring (bicyclic) bond motifs is 5. The van der Waals surface area contributed by atoms with Crippen molar-refractivity contribution in [1.29, 1.82) is 0 Å². The van der Waals surface area contributed by atoms with Gasteiger partial charge in [-0.3, -0.25) is 0 Å². The molecule has 4 aliphatic carbocycles. The first-order valence-corrected chi connectivity index (χ1v) is 9.68. The van der Waals surface area contributed by atoms with Gasteiger partial charge in [-0.1, -0.05) is 13.8 Å². The van der Waals surface area contributed by atoms with Gasteiger partial charge in [0.05, 0.1) is 11.7 Å². The zero-order valence-corrected chi connectivity index (χ0v) is 14.6. The fourth-order valence-electron chi connectivity index (χ4n) is 7.48. The fourth-order valence-corrected chi connectivity index (χ4v) is 7.48. The Bertz CT molecular complexity index is 459. The molecular weight excluding hydrogens is 272 g/mol. The van der Waals surface area contributed by atoms with Crippen LogP contribution in [0.1, 0.15) is 78.6 Å². The highest BCUT2D eigenvalue weighted by Gasteiger charge is 2.63. The molecule has 0 saturated heterocycles. The summed E-state index contributed by atoms with van der Waals surface area (Å²) in [5, 5.41) is 21.0. The minimum Gasteiger partial charge on any atom is -0.393 e. The van der Waals surface area contributed by atoms with Gasteiger partial charge in [-0.15, -0.1) is 0 Å². The van der Waals surface area contributed by atoms with Crippen molar-refractivity contribution in [3.8, 4) is 0 Å². The summed E-state index contributed by atoms with van der Waals surface area (Å²) in [4.78, 5) is 0. The molecule has 2 heteroatoms. The third kappa shape index (κ3) is 1.86. The predicted molar refractivity (Wildman–Crippen MR) is 88.4 cm³/mol. The largest absolute Gasteiger partial charge is 0.393 e. The second-order valence-electron chi connectivity index (χ2n) is 9.85. The first-order valence-electron chi connectivity index (χ1n) is 9.68. The van der Waals surface area contributed by atoms with Crippen LogP contribution >= 0.6 is 0 Å². The van der Waals surface area contributed by atoms with Crippen molar-refractivity contribution >= 4 is 0 Å². The molecule has 0 unspecified atom stereocenters. The minimum absolute atomic E-state index is 0.0457. The molecule has 0 radical (unpaired) electrons. The molecule has 2 nitrogen and oxygen atoms in total. The third-order valence-corrected chi connectivity index (χ3v) is 9.20. The minimum atomic E-state index is -0.455. The summed E-state index contributed by atoms with van der Waals surface area (Å²) in [6.45, 7) is 7.01. The summed E-state index contributed by atoms with van der Waals surface area (Å²) in [5.74, 6) is 3.13. The Kier molecular flexibility index (Phi) is 3.32. The van der Waals surface area contributed by atoms with Crippen molar-refractivity contribution in [3.05, 3.63) is 0 Å². The van der Waals surface area contributed by atoms with Crippen LogP contribution in [-0.4, -0.2) is 21.9 Å². The molecule has 4 aliphatic rings. The summed E-state index contributed by atoms with van der Waals surface area (Å²) >= 11 is 0. The average Bonchev–Trinajstić information content (AvgIpc) is 2.70. The third-order valence-electron chi connectivity index (χ3n) is 9.20. The van der Waals surface area contributed by atoms with Crippen LogP contribution in [0.15, 0.2) is 0 Å². The molecule has 0 bridgehead atoms. The summed E-state index contributed by atoms with van der Waals surface area (Å²) in [6.07, 6.45) is 10.6. The second-order valence-corrected chi connectivity index (χ2v) is 9.85. The van der Waals surface area contributed by atoms with E-state index in [4.69, 9.17) is 0 Å². The summed E-state index contributed by atoms with van der Waals surface area (Å²) in [6, 6.07) is 0. The topological polar surface area (TPSA) is 40.5 Å². The van der Waals surface area contributed by atoms with Crippen LogP contribution in [0.5, 0.6) is 0 Å². The number of aliphatic hydroxyl groups excluding tert-OH is 1. The van der Waals surface area contributed by atoms with E-state index < -0.39 is 5.60 Å². The highest BCUT2D eigenvalue weighted by Crippen LogP contribution is 2.68. The van der Waals surface area contributed by atoms with Crippen molar-refractivity contribution in [2.75, 3.05) is 0 Å². The van der Waals surface area contributed by atoms with E-state index >= 15 is 0 Å². The summed E-state index contributed by atoms with van der Waals surface area (Å²) < 4.78 is 0. The van der Waals surface area contributed by atoms with Crippen LogP contribution in [-0.2, 0) is 0 Å². The molecule has 8 atom stereocenters. The quantitative estimate of drug-likeness (QED) is 0.706. The van der Waals surface area contributed by atoms with E-state index in [2.05, 4.69) is 20.8 Å². The average molecular weight is 306 g/mol. The van der Waals surface area contributed by atoms with Gasteiger partial charge in [0.2, 0.25) is 0 Å². The van der Waals surface area contributed by atoms with E-state index in [1.807, 2.05) is 0 Å². The van der Waals surface area contributed by atoms with Crippen LogP contribution in [0.2, 0.25) is 0 Å². The molecule has 0 aromatic heterocycles. The van der Waals surface area contributed by atoms with E-state index in [0.29, 0.717) is 5.41 Å². The Hall–Kier alpha value is -0.0800. The fraction of sp³-hybridized carbons (Fsp3) is 1.00. The Labute approximate surface area is 135 Å². The second kappa shape index (κ2) is 4.72. The molecule has 22 heavy (non-hydrogen) atoms. The van der Waals surface area contributed by atoms with Crippen molar-refractivity contribution in [2.45, 2.75) is 90.3 Å². The summed E-state index contributed by atoms with van der Waals surface area (Å²) in [7, 11) is 0. The first kappa shape index (κ1) is 15.4. The maximum absolute atomic E-state index is 10.9. The van der Waals surface area contributed by atoms with Gasteiger partial charge in [-0.25, -0.2) is 0 Å². The molecule has 2 N–H and O–H groups in total. The molecule has 126 valence electrons. The van der Waals surface area contributed by atoms with Gasteiger partial charge in [0, 0.05) is 0 Å². The van der Waals surface area contributed by atoms with Gasteiger partial charge in [-0.2, -0.15) is 0 Å². The zero-order valence-electron chi connectivity index (χ0n) is 14.6. The highest BCUT2D eigenvalue weighted by atomic mass is 16.3. The van der Waals surface area contributed by atoms with Crippen LogP contribution < -0.4 is 0 Å². The van der Waals surface area contributed by atoms with E-state index in [1.54, 1.807) is 0 Å². The number of hydrogen-bond donors (Lipinski definition) is 2. The normalized spacial score (nSPS) is 61.2. The van der Waals surface area contributed by atoms with Gasteiger partial charge < -0.3 is 10.2 Å². The first-order chi connectivity index (χ1) is 10.3. The van der Waals surface area contributed by atoms with Crippen LogP contribution in [0.4, 0.5) is 0 Å². The van der Waals surface area contributed by atoms with Crippen molar-refractivity contribution in [3.63, 3.8) is 0 Å². The van der Waals surface area contributed by atoms with Crippen molar-refractivity contribution < 1.29 is 10.2 Å². The summed E-state index contributed by atoms with van der Waals surface area (Å²) in [5.41, 5.74) is 0.145. The molecule has 4 saturated carbocycles. The molecule has 0 aromatic rings. The number of aliphatic hydroxyl groups is 2. The zero-order chi connectivity index (χ0) is 15.8. The highest BCUT2D eigenvalue weighted by molar-refractivity contribution is 5.12. The molecule has 0 aromatic carbocycles. The van der Waals surface area contributed by atoms with E-state index in [-0.39, 0.29) is 11.5 Å². The molecule has 0 amide bonds. The van der Waals surface area contributed by atoms with Crippen LogP contribution in [0.25, 0.3) is 0 Å². The van der Waals surface area contributed by atoms with E-state index in [9.17, 15) is 10.2 Å². The standard InChI is InChI=1S/C20H34O2/c1-18-9-6-14(21)12-13(18)4-5-15-16(18)7-10-19(2)17(15)8-11-20(19,3)22/h13-17,21-22H,4-12H2,1-3H3/t13-,14+,15+,16+,17+,18-,19+,20-/m1/s1. The maximum Gasteiger partial charge on any atom is 0.0675 e. The predicted octanol–water partition coefficient (Wildman–Crippen LogP) is 4.14. The number of rotatable bonds is 0. The van der Waals surface area contributed by atoms with Gasteiger partial charge in [0.15, 0.2) is 0 Å². The lowest BCUT2D eigenvalue weighted by molar-refractivity contribution is -0.153. The Morgan fingerprint density at radius 1 is 0.818 bits per heavy atom. The molecule has 4 rings (SSSR count). The molecule has 0 aliphatic heterocycles. The Morgan fingerprint density at radius 3 is 2.32 bits per heavy atom. The van der Waals surface area contributed by atoms with Crippen LogP contribution in [0.3, 0.4) is 0 Å². The molecule has 4 fully saturated rings. The van der Waals surface area contributed by atoms with Gasteiger partial charge in [-0.05, 0) is 99.2 Å². The lowest BCUT2D eigenvalue weighted by atomic mass is 9.44.